The normalized spacial score (nSPS) is 22.0. The molecule has 3 aromatic carbocycles. The van der Waals surface area contributed by atoms with Gasteiger partial charge in [-0.05, 0) is 35.8 Å². The van der Waals surface area contributed by atoms with Gasteiger partial charge in [0.2, 0.25) is 10.0 Å². The fourth-order valence-corrected chi connectivity index (χ4v) is 6.21. The smallest absolute Gasteiger partial charge is 0.244 e. The standard InChI is InChI=1S/C25H23NO4S/c27-25-21-11-5-7-13-24(21)31(28,29)26(16-18-8-2-1-3-9-18)22(25)15-19-14-20-10-4-6-12-23(20)30-17-19/h1-14,22,25,27H,15-17H2/t22-,25-/m0/s1. The fourth-order valence-electron chi connectivity index (χ4n) is 4.36. The van der Waals surface area contributed by atoms with Gasteiger partial charge in [0.25, 0.3) is 0 Å². The number of nitrogens with zero attached hydrogens (tertiary/aromatic N) is 1. The summed E-state index contributed by atoms with van der Waals surface area (Å²) in [5, 5.41) is 11.3. The molecule has 5 nitrogen and oxygen atoms in total. The van der Waals surface area contributed by atoms with E-state index in [1.807, 2.05) is 60.7 Å². The molecule has 0 fully saturated rings. The Morgan fingerprint density at radius 1 is 0.935 bits per heavy atom. The molecule has 1 N–H and O–H groups in total. The van der Waals surface area contributed by atoms with Crippen molar-refractivity contribution in [1.82, 2.24) is 4.31 Å². The molecule has 0 radical (unpaired) electrons. The van der Waals surface area contributed by atoms with Crippen LogP contribution in [0.5, 0.6) is 5.75 Å². The van der Waals surface area contributed by atoms with Gasteiger partial charge in [-0.2, -0.15) is 4.31 Å². The Hall–Kier alpha value is -2.93. The van der Waals surface area contributed by atoms with Crippen molar-refractivity contribution in [3.8, 4) is 5.75 Å². The van der Waals surface area contributed by atoms with Crippen LogP contribution >= 0.6 is 0 Å². The van der Waals surface area contributed by atoms with Gasteiger partial charge in [0.05, 0.1) is 17.0 Å². The highest BCUT2D eigenvalue weighted by atomic mass is 32.2. The lowest BCUT2D eigenvalue weighted by molar-refractivity contribution is 0.0757. The summed E-state index contributed by atoms with van der Waals surface area (Å²) in [6.45, 7) is 0.574. The van der Waals surface area contributed by atoms with Crippen molar-refractivity contribution in [1.29, 1.82) is 0 Å². The van der Waals surface area contributed by atoms with E-state index in [9.17, 15) is 13.5 Å². The van der Waals surface area contributed by atoms with Gasteiger partial charge in [-0.1, -0.05) is 66.7 Å². The lowest BCUT2D eigenvalue weighted by Gasteiger charge is -2.40. The van der Waals surface area contributed by atoms with Crippen LogP contribution in [-0.4, -0.2) is 30.5 Å². The Morgan fingerprint density at radius 2 is 1.65 bits per heavy atom. The van der Waals surface area contributed by atoms with Crippen molar-refractivity contribution in [2.24, 2.45) is 0 Å². The number of benzene rings is 3. The summed E-state index contributed by atoms with van der Waals surface area (Å²) in [4.78, 5) is 0.175. The first-order valence-corrected chi connectivity index (χ1v) is 11.7. The molecule has 0 unspecified atom stereocenters. The number of aliphatic hydroxyl groups excluding tert-OH is 1. The van der Waals surface area contributed by atoms with Crippen LogP contribution in [0.1, 0.15) is 29.2 Å². The quantitative estimate of drug-likeness (QED) is 0.671. The van der Waals surface area contributed by atoms with Gasteiger partial charge >= 0.3 is 0 Å². The van der Waals surface area contributed by atoms with Crippen LogP contribution in [0.15, 0.2) is 89.3 Å². The Balaban J connectivity index is 1.55. The first kappa shape index (κ1) is 20.0. The highest BCUT2D eigenvalue weighted by Gasteiger charge is 2.43. The van der Waals surface area contributed by atoms with E-state index >= 15 is 0 Å². The Bertz CT molecular complexity index is 1240. The summed E-state index contributed by atoms with van der Waals surface area (Å²) in [7, 11) is -3.77. The average Bonchev–Trinajstić information content (AvgIpc) is 2.80. The number of sulfonamides is 1. The van der Waals surface area contributed by atoms with E-state index in [1.54, 1.807) is 24.3 Å². The van der Waals surface area contributed by atoms with E-state index in [4.69, 9.17) is 4.74 Å². The first-order valence-electron chi connectivity index (χ1n) is 10.3. The van der Waals surface area contributed by atoms with Crippen LogP contribution < -0.4 is 4.74 Å². The number of rotatable bonds is 4. The second kappa shape index (κ2) is 7.96. The molecule has 3 aromatic rings. The fraction of sp³-hybridized carbons (Fsp3) is 0.200. The monoisotopic (exact) mass is 433 g/mol. The second-order valence-electron chi connectivity index (χ2n) is 7.92. The van der Waals surface area contributed by atoms with Gasteiger partial charge in [-0.15, -0.1) is 0 Å². The average molecular weight is 434 g/mol. The van der Waals surface area contributed by atoms with Crippen molar-refractivity contribution in [2.45, 2.75) is 30.0 Å². The number of ether oxygens (including phenoxy) is 1. The molecule has 0 saturated heterocycles. The lowest BCUT2D eigenvalue weighted by Crippen LogP contribution is -2.47. The van der Waals surface area contributed by atoms with Gasteiger partial charge in [0.1, 0.15) is 12.4 Å². The molecule has 0 saturated carbocycles. The Morgan fingerprint density at radius 3 is 2.48 bits per heavy atom. The summed E-state index contributed by atoms with van der Waals surface area (Å²) in [6.07, 6.45) is 1.50. The SMILES string of the molecule is O=S1(=O)c2ccccc2[C@H](O)[C@H](CC2=Cc3ccccc3OC2)N1Cc1ccccc1. The van der Waals surface area contributed by atoms with Crippen LogP contribution in [-0.2, 0) is 16.6 Å². The summed E-state index contributed by atoms with van der Waals surface area (Å²) in [6, 6.07) is 23.3. The zero-order valence-corrected chi connectivity index (χ0v) is 17.7. The number of hydrogen-bond donors (Lipinski definition) is 1. The molecule has 0 amide bonds. The molecule has 0 aliphatic carbocycles. The lowest BCUT2D eigenvalue weighted by atomic mass is 9.93. The zero-order valence-electron chi connectivity index (χ0n) is 16.9. The summed E-state index contributed by atoms with van der Waals surface area (Å²) in [5.41, 5.74) is 3.25. The molecule has 2 aliphatic rings. The van der Waals surface area contributed by atoms with Crippen molar-refractivity contribution in [2.75, 3.05) is 6.61 Å². The van der Waals surface area contributed by atoms with Crippen LogP contribution in [0.4, 0.5) is 0 Å². The zero-order chi connectivity index (χ0) is 21.4. The van der Waals surface area contributed by atoms with E-state index in [1.165, 1.54) is 4.31 Å². The third-order valence-corrected chi connectivity index (χ3v) is 7.85. The van der Waals surface area contributed by atoms with Crippen molar-refractivity contribution in [3.05, 3.63) is 101 Å². The molecular formula is C25H23NO4S. The van der Waals surface area contributed by atoms with Crippen LogP contribution in [0.25, 0.3) is 6.08 Å². The predicted octanol–water partition coefficient (Wildman–Crippen LogP) is 4.16. The molecule has 0 spiro atoms. The van der Waals surface area contributed by atoms with Crippen LogP contribution in [0.3, 0.4) is 0 Å². The minimum Gasteiger partial charge on any atom is -0.489 e. The number of para-hydroxylation sites is 1. The molecule has 0 aromatic heterocycles. The van der Waals surface area contributed by atoms with Gasteiger partial charge in [-0.3, -0.25) is 0 Å². The number of fused-ring (bicyclic) bond motifs is 2. The molecule has 2 atom stereocenters. The molecule has 2 heterocycles. The molecule has 2 aliphatic heterocycles. The number of aliphatic hydroxyl groups is 1. The first-order chi connectivity index (χ1) is 15.0. The van der Waals surface area contributed by atoms with E-state index in [-0.39, 0.29) is 11.4 Å². The maximum atomic E-state index is 13.6. The summed E-state index contributed by atoms with van der Waals surface area (Å²) < 4.78 is 34.4. The molecular weight excluding hydrogens is 410 g/mol. The second-order valence-corrected chi connectivity index (χ2v) is 9.78. The Labute approximate surface area is 182 Å². The topological polar surface area (TPSA) is 66.8 Å². The van der Waals surface area contributed by atoms with Crippen molar-refractivity contribution < 1.29 is 18.3 Å². The van der Waals surface area contributed by atoms with Crippen molar-refractivity contribution >= 4 is 16.1 Å². The third-order valence-electron chi connectivity index (χ3n) is 5.90. The highest BCUT2D eigenvalue weighted by Crippen LogP contribution is 2.40. The molecule has 31 heavy (non-hydrogen) atoms. The van der Waals surface area contributed by atoms with Crippen LogP contribution in [0.2, 0.25) is 0 Å². The maximum Gasteiger partial charge on any atom is 0.244 e. The number of hydrogen-bond acceptors (Lipinski definition) is 4. The predicted molar refractivity (Wildman–Crippen MR) is 119 cm³/mol. The van der Waals surface area contributed by atoms with Gasteiger partial charge in [0.15, 0.2) is 0 Å². The van der Waals surface area contributed by atoms with E-state index < -0.39 is 22.2 Å². The Kier molecular flexibility index (Phi) is 5.14. The van der Waals surface area contributed by atoms with Crippen molar-refractivity contribution in [3.63, 3.8) is 0 Å². The molecule has 0 bridgehead atoms. The van der Waals surface area contributed by atoms with E-state index in [0.717, 1.165) is 22.4 Å². The maximum absolute atomic E-state index is 13.6. The third kappa shape index (κ3) is 3.67. The molecule has 6 heteroatoms. The summed E-state index contributed by atoms with van der Waals surface area (Å²) in [5.74, 6) is 0.814. The van der Waals surface area contributed by atoms with E-state index in [0.29, 0.717) is 18.6 Å². The summed E-state index contributed by atoms with van der Waals surface area (Å²) >= 11 is 0. The highest BCUT2D eigenvalue weighted by molar-refractivity contribution is 7.89. The van der Waals surface area contributed by atoms with Gasteiger partial charge in [-0.25, -0.2) is 8.42 Å². The molecule has 158 valence electrons. The minimum atomic E-state index is -3.77. The van der Waals surface area contributed by atoms with E-state index in [2.05, 4.69) is 0 Å². The largest absolute Gasteiger partial charge is 0.489 e. The minimum absolute atomic E-state index is 0.175. The van der Waals surface area contributed by atoms with Gasteiger partial charge < -0.3 is 9.84 Å². The van der Waals surface area contributed by atoms with Crippen LogP contribution in [0, 0.1) is 0 Å². The molecule has 5 rings (SSSR count). The van der Waals surface area contributed by atoms with Gasteiger partial charge in [0, 0.05) is 17.7 Å².